The largest absolute Gasteiger partial charge is 0.455 e. The van der Waals surface area contributed by atoms with Gasteiger partial charge in [-0.1, -0.05) is 176 Å². The summed E-state index contributed by atoms with van der Waals surface area (Å²) in [4.78, 5) is 0. The zero-order chi connectivity index (χ0) is 38.1. The second-order valence-corrected chi connectivity index (χ2v) is 12.8. The number of furan rings is 1. The molecule has 51 heavy (non-hydrogen) atoms. The average molecular weight is 654 g/mol. The fourth-order valence-corrected chi connectivity index (χ4v) is 7.68. The third kappa shape index (κ3) is 4.86. The zero-order valence-electron chi connectivity index (χ0n) is 32.5. The molecule has 0 aliphatic heterocycles. The van der Waals surface area contributed by atoms with Gasteiger partial charge >= 0.3 is 0 Å². The van der Waals surface area contributed by atoms with Gasteiger partial charge in [-0.05, 0) is 89.8 Å². The molecule has 0 atom stereocenters. The lowest BCUT2D eigenvalue weighted by molar-refractivity contribution is 0.670. The zero-order valence-corrected chi connectivity index (χ0v) is 27.5. The Balaban J connectivity index is 1.20. The molecule has 0 unspecified atom stereocenters. The van der Waals surface area contributed by atoms with Crippen molar-refractivity contribution in [3.05, 3.63) is 194 Å². The van der Waals surface area contributed by atoms with Crippen molar-refractivity contribution in [2.45, 2.75) is 0 Å². The van der Waals surface area contributed by atoms with Crippen molar-refractivity contribution in [3.63, 3.8) is 0 Å². The first-order chi connectivity index (χ1) is 27.4. The summed E-state index contributed by atoms with van der Waals surface area (Å²) in [7, 11) is 0. The van der Waals surface area contributed by atoms with Gasteiger partial charge in [0.1, 0.15) is 11.2 Å². The van der Waals surface area contributed by atoms with Crippen LogP contribution in [-0.2, 0) is 0 Å². The lowest BCUT2D eigenvalue weighted by Gasteiger charge is -2.17. The van der Waals surface area contributed by atoms with Crippen LogP contribution in [0.15, 0.2) is 198 Å². The monoisotopic (exact) mass is 653 g/mol. The molecular weight excluding hydrogens is 617 g/mol. The average Bonchev–Trinajstić information content (AvgIpc) is 3.63. The van der Waals surface area contributed by atoms with E-state index in [4.69, 9.17) is 11.3 Å². The number of rotatable bonds is 5. The van der Waals surface area contributed by atoms with E-state index in [0.717, 1.165) is 82.4 Å². The van der Waals surface area contributed by atoms with Crippen LogP contribution in [0.5, 0.6) is 0 Å². The van der Waals surface area contributed by atoms with Gasteiger partial charge < -0.3 is 4.42 Å². The lowest BCUT2D eigenvalue weighted by Crippen LogP contribution is -1.90. The molecule has 1 nitrogen and oxygen atoms in total. The molecule has 0 saturated carbocycles. The van der Waals surface area contributed by atoms with E-state index in [1.807, 2.05) is 54.6 Å². The maximum atomic E-state index is 8.90. The minimum absolute atomic E-state index is 0.199. The summed E-state index contributed by atoms with van der Waals surface area (Å²) in [5, 5.41) is 5.47. The van der Waals surface area contributed by atoms with Gasteiger partial charge in [-0.2, -0.15) is 0 Å². The van der Waals surface area contributed by atoms with Gasteiger partial charge in [0.15, 0.2) is 0 Å². The van der Waals surface area contributed by atoms with Crippen molar-refractivity contribution in [2.75, 3.05) is 0 Å². The van der Waals surface area contributed by atoms with Crippen LogP contribution in [0.3, 0.4) is 0 Å². The summed E-state index contributed by atoms with van der Waals surface area (Å²) < 4.78 is 49.8. The molecule has 0 spiro atoms. The molecule has 0 fully saturated rings. The highest BCUT2D eigenvalue weighted by atomic mass is 16.3. The first-order valence-electron chi connectivity index (χ1n) is 19.6. The minimum Gasteiger partial charge on any atom is -0.455 e. The number of hydrogen-bond donors (Lipinski definition) is 0. The minimum atomic E-state index is -0.405. The Morgan fingerprint density at radius 3 is 1.47 bits per heavy atom. The predicted molar refractivity (Wildman–Crippen MR) is 216 cm³/mol. The first kappa shape index (κ1) is 24.4. The summed E-state index contributed by atoms with van der Waals surface area (Å²) in [5.41, 5.74) is 11.0. The van der Waals surface area contributed by atoms with Crippen LogP contribution in [0, 0.1) is 0 Å². The summed E-state index contributed by atoms with van der Waals surface area (Å²) in [6, 6.07) is 54.6. The summed E-state index contributed by atoms with van der Waals surface area (Å²) in [6.45, 7) is 0. The summed E-state index contributed by atoms with van der Waals surface area (Å²) in [6.07, 6.45) is 0. The Labute approximate surface area is 303 Å². The van der Waals surface area contributed by atoms with Crippen molar-refractivity contribution in [3.8, 4) is 55.6 Å². The van der Waals surface area contributed by atoms with E-state index < -0.39 is 6.04 Å². The highest BCUT2D eigenvalue weighted by Crippen LogP contribution is 2.46. The van der Waals surface area contributed by atoms with Gasteiger partial charge in [0.2, 0.25) is 0 Å². The molecule has 0 aliphatic rings. The molecular formula is C50H32O. The fourth-order valence-electron chi connectivity index (χ4n) is 7.68. The second-order valence-electron chi connectivity index (χ2n) is 12.8. The van der Waals surface area contributed by atoms with Gasteiger partial charge in [0.05, 0.1) is 6.85 Å². The van der Waals surface area contributed by atoms with E-state index in [2.05, 4.69) is 109 Å². The molecule has 0 N–H and O–H groups in total. The van der Waals surface area contributed by atoms with Crippen molar-refractivity contribution in [1.82, 2.24) is 0 Å². The Morgan fingerprint density at radius 1 is 0.333 bits per heavy atom. The van der Waals surface area contributed by atoms with E-state index >= 15 is 0 Å². The number of fused-ring (bicyclic) bond motifs is 5. The van der Waals surface area contributed by atoms with Gasteiger partial charge in [-0.25, -0.2) is 0 Å². The van der Waals surface area contributed by atoms with E-state index in [-0.39, 0.29) is 29.7 Å². The van der Waals surface area contributed by atoms with Gasteiger partial charge in [0, 0.05) is 16.3 Å². The van der Waals surface area contributed by atoms with Crippen molar-refractivity contribution < 1.29 is 11.3 Å². The van der Waals surface area contributed by atoms with Crippen molar-refractivity contribution >= 4 is 43.5 Å². The van der Waals surface area contributed by atoms with Crippen LogP contribution >= 0.6 is 0 Å². The van der Waals surface area contributed by atoms with Gasteiger partial charge in [-0.15, -0.1) is 0 Å². The molecule has 1 heteroatoms. The molecule has 10 rings (SSSR count). The predicted octanol–water partition coefficient (Wildman–Crippen LogP) is 14.2. The van der Waals surface area contributed by atoms with Crippen molar-refractivity contribution in [2.24, 2.45) is 0 Å². The van der Waals surface area contributed by atoms with Crippen LogP contribution in [0.2, 0.25) is 0 Å². The topological polar surface area (TPSA) is 13.1 Å². The number of hydrogen-bond acceptors (Lipinski definition) is 1. The Kier molecular flexibility index (Phi) is 5.76. The van der Waals surface area contributed by atoms with Crippen LogP contribution in [0.4, 0.5) is 0 Å². The third-order valence-electron chi connectivity index (χ3n) is 9.98. The molecule has 0 bridgehead atoms. The molecule has 1 heterocycles. The van der Waals surface area contributed by atoms with E-state index in [9.17, 15) is 0 Å². The quantitative estimate of drug-likeness (QED) is 0.169. The molecule has 0 radical (unpaired) electrons. The van der Waals surface area contributed by atoms with Crippen LogP contribution in [0.25, 0.3) is 99.1 Å². The standard InChI is InChI=1S/C50H32O/c1-4-14-33(15-5-1)34-24-26-35(27-25-34)39-29-30-44-45-32-38(28-31-46(45)51-50(44)49(39)37-18-8-3-9-19-37)48-42-22-12-10-20-40(42)47(36-16-6-2-7-17-36)41-21-11-13-23-43(41)48/h1-32H/i2D,6D,7D,16D,17D. The highest BCUT2D eigenvalue weighted by Gasteiger charge is 2.20. The second kappa shape index (κ2) is 12.0. The van der Waals surface area contributed by atoms with Crippen LogP contribution < -0.4 is 0 Å². The first-order valence-corrected chi connectivity index (χ1v) is 17.1. The molecule has 0 saturated heterocycles. The highest BCUT2D eigenvalue weighted by molar-refractivity contribution is 6.22. The van der Waals surface area contributed by atoms with Crippen molar-refractivity contribution in [1.29, 1.82) is 0 Å². The fraction of sp³-hybridized carbons (Fsp3) is 0. The Morgan fingerprint density at radius 2 is 0.843 bits per heavy atom. The summed E-state index contributed by atoms with van der Waals surface area (Å²) >= 11 is 0. The van der Waals surface area contributed by atoms with Gasteiger partial charge in [0.25, 0.3) is 0 Å². The molecule has 1 aromatic heterocycles. The normalized spacial score (nSPS) is 12.9. The van der Waals surface area contributed by atoms with Crippen LogP contribution in [0.1, 0.15) is 6.85 Å². The molecule has 10 aromatic rings. The molecule has 238 valence electrons. The van der Waals surface area contributed by atoms with E-state index in [1.54, 1.807) is 0 Å². The smallest absolute Gasteiger partial charge is 0.143 e. The third-order valence-corrected chi connectivity index (χ3v) is 9.98. The van der Waals surface area contributed by atoms with Gasteiger partial charge in [-0.3, -0.25) is 0 Å². The number of benzene rings is 9. The molecule has 0 aliphatic carbocycles. The van der Waals surface area contributed by atoms with Crippen LogP contribution in [-0.4, -0.2) is 0 Å². The lowest BCUT2D eigenvalue weighted by atomic mass is 9.85. The molecule has 9 aromatic carbocycles. The molecule has 0 amide bonds. The SMILES string of the molecule is [2H]c1c([2H])c([2H])c(-c2c3ccccc3c(-c3ccc4oc5c(-c6ccccc6)c(-c6ccc(-c7ccccc7)cc6)ccc5c4c3)c3ccccc23)c([2H])c1[2H]. The Bertz CT molecular complexity index is 3080. The van der Waals surface area contributed by atoms with E-state index in [1.165, 1.54) is 5.56 Å². The summed E-state index contributed by atoms with van der Waals surface area (Å²) in [5.74, 6) is 0. The Hall–Kier alpha value is -6.70. The van der Waals surface area contributed by atoms with E-state index in [0.29, 0.717) is 5.56 Å². The maximum absolute atomic E-state index is 8.90. The maximum Gasteiger partial charge on any atom is 0.143 e.